The minimum absolute atomic E-state index is 1.22. The zero-order valence-corrected chi connectivity index (χ0v) is 11.1. The summed E-state index contributed by atoms with van der Waals surface area (Å²) in [5, 5.41) is 0. The molecule has 2 aliphatic carbocycles. The van der Waals surface area contributed by atoms with E-state index in [0.717, 1.165) is 0 Å². The fraction of sp³-hybridized carbons (Fsp3) is 0.308. The van der Waals surface area contributed by atoms with Crippen molar-refractivity contribution in [3.8, 4) is 0 Å². The molecule has 0 atom stereocenters. The van der Waals surface area contributed by atoms with Crippen LogP contribution in [0, 0.1) is 0 Å². The molecule has 0 spiro atoms. The zero-order chi connectivity index (χ0) is 9.80. The summed E-state index contributed by atoms with van der Waals surface area (Å²) in [6.45, 7) is 2.27. The van der Waals surface area contributed by atoms with Crippen molar-refractivity contribution in [3.63, 3.8) is 0 Å². The summed E-state index contributed by atoms with van der Waals surface area (Å²) >= 11 is -1.47. The van der Waals surface area contributed by atoms with Gasteiger partial charge >= 0.3 is 94.2 Å². The topological polar surface area (TPSA) is 0 Å². The number of hydrogen-bond acceptors (Lipinski definition) is 0. The third-order valence-electron chi connectivity index (χ3n) is 2.64. The van der Waals surface area contributed by atoms with E-state index in [-0.39, 0.29) is 0 Å². The molecule has 0 aromatic heterocycles. The maximum absolute atomic E-state index is 2.62. The van der Waals surface area contributed by atoms with Crippen LogP contribution in [0.25, 0.3) is 0 Å². The van der Waals surface area contributed by atoms with Crippen LogP contribution in [0.15, 0.2) is 43.0 Å². The van der Waals surface area contributed by atoms with Crippen LogP contribution in [0.2, 0.25) is 0 Å². The molecular formula is C13H16Zr. The molecule has 0 radical (unpaired) electrons. The Kier molecular flexibility index (Phi) is 3.64. The van der Waals surface area contributed by atoms with Gasteiger partial charge in [-0.15, -0.1) is 0 Å². The van der Waals surface area contributed by atoms with Crippen LogP contribution in [0.5, 0.6) is 0 Å². The van der Waals surface area contributed by atoms with Crippen molar-refractivity contribution in [1.29, 1.82) is 0 Å². The van der Waals surface area contributed by atoms with E-state index >= 15 is 0 Å². The summed E-state index contributed by atoms with van der Waals surface area (Å²) in [6, 6.07) is 0. The Morgan fingerprint density at radius 1 is 1.14 bits per heavy atom. The molecule has 0 heterocycles. The van der Waals surface area contributed by atoms with Gasteiger partial charge < -0.3 is 0 Å². The molecule has 2 aliphatic rings. The molecular weight excluding hydrogens is 247 g/mol. The Morgan fingerprint density at radius 3 is 2.07 bits per heavy atom. The number of allylic oxidation sites excluding steroid dienone is 8. The number of rotatable bonds is 3. The SMILES string of the molecule is CC[CH]=[Zr]([C]1=CC=CC1)[C]1=CC=CC1. The first-order valence-electron chi connectivity index (χ1n) is 5.34. The predicted octanol–water partition coefficient (Wildman–Crippen LogP) is 3.50. The molecule has 0 aromatic rings. The molecule has 14 heavy (non-hydrogen) atoms. The molecule has 0 aliphatic heterocycles. The van der Waals surface area contributed by atoms with Gasteiger partial charge in [0.1, 0.15) is 0 Å². The molecule has 0 nitrogen and oxygen atoms in total. The second-order valence-corrected chi connectivity index (χ2v) is 9.87. The van der Waals surface area contributed by atoms with E-state index in [0.29, 0.717) is 0 Å². The van der Waals surface area contributed by atoms with Gasteiger partial charge in [-0.25, -0.2) is 0 Å². The summed E-state index contributed by atoms with van der Waals surface area (Å²) in [6.07, 6.45) is 17.4. The van der Waals surface area contributed by atoms with Crippen molar-refractivity contribution in [3.05, 3.63) is 43.0 Å². The van der Waals surface area contributed by atoms with Gasteiger partial charge in [-0.05, 0) is 0 Å². The molecule has 0 saturated carbocycles. The first kappa shape index (κ1) is 10.2. The average molecular weight is 263 g/mol. The van der Waals surface area contributed by atoms with Crippen molar-refractivity contribution in [1.82, 2.24) is 0 Å². The van der Waals surface area contributed by atoms with E-state index in [4.69, 9.17) is 0 Å². The maximum atomic E-state index is 2.62. The van der Waals surface area contributed by atoms with Crippen LogP contribution < -0.4 is 0 Å². The average Bonchev–Trinajstić information content (AvgIpc) is 2.87. The van der Waals surface area contributed by atoms with E-state index in [9.17, 15) is 0 Å². The van der Waals surface area contributed by atoms with Crippen LogP contribution in [-0.2, 0) is 21.3 Å². The van der Waals surface area contributed by atoms with Crippen LogP contribution >= 0.6 is 0 Å². The molecule has 0 amide bonds. The van der Waals surface area contributed by atoms with Gasteiger partial charge in [-0.3, -0.25) is 0 Å². The molecule has 72 valence electrons. The second-order valence-electron chi connectivity index (χ2n) is 3.67. The van der Waals surface area contributed by atoms with Gasteiger partial charge in [0.05, 0.1) is 0 Å². The molecule has 2 rings (SSSR count). The molecule has 1 heteroatoms. The Morgan fingerprint density at radius 2 is 1.71 bits per heavy atom. The molecule has 0 aromatic carbocycles. The zero-order valence-electron chi connectivity index (χ0n) is 8.66. The fourth-order valence-corrected chi connectivity index (χ4v) is 8.29. The van der Waals surface area contributed by atoms with Crippen LogP contribution in [0.3, 0.4) is 0 Å². The van der Waals surface area contributed by atoms with Crippen molar-refractivity contribution < 1.29 is 21.3 Å². The quantitative estimate of drug-likeness (QED) is 0.731. The van der Waals surface area contributed by atoms with Crippen molar-refractivity contribution in [2.75, 3.05) is 0 Å². The minimum atomic E-state index is -1.47. The van der Waals surface area contributed by atoms with Crippen LogP contribution in [0.1, 0.15) is 26.2 Å². The van der Waals surface area contributed by atoms with E-state index in [1.165, 1.54) is 19.3 Å². The fourth-order valence-electron chi connectivity index (χ4n) is 1.97. The summed E-state index contributed by atoms with van der Waals surface area (Å²) in [5.74, 6) is 0. The van der Waals surface area contributed by atoms with E-state index in [2.05, 4.69) is 47.1 Å². The third-order valence-corrected chi connectivity index (χ3v) is 9.87. The van der Waals surface area contributed by atoms with Crippen molar-refractivity contribution in [2.45, 2.75) is 26.2 Å². The van der Waals surface area contributed by atoms with E-state index < -0.39 is 21.3 Å². The standard InChI is InChI=1S/2C5H5.C3H6.Zr/c2*1-2-4-5-3-1;1-3-2;/h2*1-3H,4H2;1H,3H2,2H3;. The van der Waals surface area contributed by atoms with Crippen molar-refractivity contribution >= 4 is 3.71 Å². The van der Waals surface area contributed by atoms with Gasteiger partial charge in [0, 0.05) is 0 Å². The monoisotopic (exact) mass is 262 g/mol. The first-order chi connectivity index (χ1) is 6.92. The Balaban J connectivity index is 2.21. The summed E-state index contributed by atoms with van der Waals surface area (Å²) in [5.41, 5.74) is 0. The van der Waals surface area contributed by atoms with Crippen LogP contribution in [-0.4, -0.2) is 3.71 Å². The van der Waals surface area contributed by atoms with Crippen LogP contribution in [0.4, 0.5) is 0 Å². The van der Waals surface area contributed by atoms with Gasteiger partial charge in [-0.1, -0.05) is 0 Å². The first-order valence-corrected chi connectivity index (χ1v) is 9.22. The summed E-state index contributed by atoms with van der Waals surface area (Å²) in [7, 11) is 0. The Bertz CT molecular complexity index is 333. The molecule has 0 saturated heterocycles. The molecule has 0 unspecified atom stereocenters. The Labute approximate surface area is 93.9 Å². The van der Waals surface area contributed by atoms with Gasteiger partial charge in [0.2, 0.25) is 0 Å². The molecule has 0 fully saturated rings. The summed E-state index contributed by atoms with van der Waals surface area (Å²) < 4.78 is 6.13. The molecule has 0 bridgehead atoms. The van der Waals surface area contributed by atoms with Gasteiger partial charge in [-0.2, -0.15) is 0 Å². The predicted molar refractivity (Wildman–Crippen MR) is 60.0 cm³/mol. The molecule has 0 N–H and O–H groups in total. The summed E-state index contributed by atoms with van der Waals surface area (Å²) in [4.78, 5) is 0. The van der Waals surface area contributed by atoms with Crippen molar-refractivity contribution in [2.24, 2.45) is 0 Å². The second kappa shape index (κ2) is 4.98. The number of hydrogen-bond donors (Lipinski definition) is 0. The normalized spacial score (nSPS) is 18.4. The Hall–Kier alpha value is -0.287. The van der Waals surface area contributed by atoms with E-state index in [1.54, 1.807) is 6.56 Å². The van der Waals surface area contributed by atoms with Gasteiger partial charge in [0.15, 0.2) is 0 Å². The van der Waals surface area contributed by atoms with Gasteiger partial charge in [0.25, 0.3) is 0 Å². The third kappa shape index (κ3) is 2.20. The van der Waals surface area contributed by atoms with E-state index in [1.807, 2.05) is 0 Å².